The van der Waals surface area contributed by atoms with Gasteiger partial charge in [0, 0.05) is 18.8 Å². The number of nitrogens with zero attached hydrogens (tertiary/aromatic N) is 3. The van der Waals surface area contributed by atoms with E-state index in [1.807, 2.05) is 30.3 Å². The predicted molar refractivity (Wildman–Crippen MR) is 96.6 cm³/mol. The highest BCUT2D eigenvalue weighted by Gasteiger charge is 2.20. The molecule has 0 saturated heterocycles. The number of urea groups is 1. The minimum absolute atomic E-state index is 0.328. The number of carbonyl (C=O) groups is 2. The average Bonchev–Trinajstić information content (AvgIpc) is 3.17. The number of aromatic nitrogens is 3. The zero-order valence-electron chi connectivity index (χ0n) is 13.9. The number of pyridine rings is 1. The standard InChI is InChI=1S/C18H18N6O2/c19-18(26)23-15(11-13-5-2-1-3-6-13)17(25)22-14-7-8-16(20-12-14)24-10-4-9-21-24/h1-10,12,15H,11H2,(H,22,25)(H3,19,23,26)/t15-/m1/s1. The van der Waals surface area contributed by atoms with E-state index >= 15 is 0 Å². The molecule has 0 radical (unpaired) electrons. The van der Waals surface area contributed by atoms with E-state index in [9.17, 15) is 9.59 Å². The zero-order chi connectivity index (χ0) is 18.4. The van der Waals surface area contributed by atoms with Crippen LogP contribution in [0.5, 0.6) is 0 Å². The number of amides is 3. The molecule has 0 spiro atoms. The smallest absolute Gasteiger partial charge is 0.312 e. The number of nitrogens with one attached hydrogen (secondary N) is 2. The second-order valence-electron chi connectivity index (χ2n) is 5.60. The first-order chi connectivity index (χ1) is 12.6. The van der Waals surface area contributed by atoms with Gasteiger partial charge in [-0.25, -0.2) is 14.5 Å². The molecule has 1 aromatic carbocycles. The van der Waals surface area contributed by atoms with Gasteiger partial charge in [-0.05, 0) is 23.8 Å². The summed E-state index contributed by atoms with van der Waals surface area (Å²) >= 11 is 0. The highest BCUT2D eigenvalue weighted by Crippen LogP contribution is 2.11. The van der Waals surface area contributed by atoms with E-state index < -0.39 is 12.1 Å². The molecule has 26 heavy (non-hydrogen) atoms. The fourth-order valence-electron chi connectivity index (χ4n) is 2.46. The molecule has 0 saturated carbocycles. The van der Waals surface area contributed by atoms with Gasteiger partial charge in [0.25, 0.3) is 0 Å². The van der Waals surface area contributed by atoms with E-state index in [4.69, 9.17) is 5.73 Å². The van der Waals surface area contributed by atoms with E-state index in [0.29, 0.717) is 17.9 Å². The maximum absolute atomic E-state index is 12.5. The van der Waals surface area contributed by atoms with Crippen LogP contribution in [0.25, 0.3) is 5.82 Å². The van der Waals surface area contributed by atoms with E-state index in [1.54, 1.807) is 35.3 Å². The molecule has 8 heteroatoms. The van der Waals surface area contributed by atoms with Gasteiger partial charge in [0.05, 0.1) is 11.9 Å². The van der Waals surface area contributed by atoms with Crippen LogP contribution in [0, 0.1) is 0 Å². The summed E-state index contributed by atoms with van der Waals surface area (Å²) in [6.45, 7) is 0. The Morgan fingerprint density at radius 1 is 1.12 bits per heavy atom. The lowest BCUT2D eigenvalue weighted by Crippen LogP contribution is -2.47. The van der Waals surface area contributed by atoms with Crippen molar-refractivity contribution in [3.8, 4) is 5.82 Å². The van der Waals surface area contributed by atoms with Gasteiger partial charge in [0.2, 0.25) is 5.91 Å². The Labute approximate surface area is 150 Å². The number of anilines is 1. The van der Waals surface area contributed by atoms with Crippen molar-refractivity contribution >= 4 is 17.6 Å². The van der Waals surface area contributed by atoms with Gasteiger partial charge in [-0.3, -0.25) is 4.79 Å². The van der Waals surface area contributed by atoms with Gasteiger partial charge < -0.3 is 16.4 Å². The van der Waals surface area contributed by atoms with E-state index in [0.717, 1.165) is 5.56 Å². The Balaban J connectivity index is 1.69. The maximum Gasteiger partial charge on any atom is 0.312 e. The first-order valence-electron chi connectivity index (χ1n) is 7.98. The summed E-state index contributed by atoms with van der Waals surface area (Å²) in [5.74, 6) is 0.255. The molecule has 0 aliphatic heterocycles. The summed E-state index contributed by atoms with van der Waals surface area (Å²) in [4.78, 5) is 28.0. The number of hydrogen-bond acceptors (Lipinski definition) is 4. The number of carbonyl (C=O) groups excluding carboxylic acids is 2. The predicted octanol–water partition coefficient (Wildman–Crippen LogP) is 1.49. The second-order valence-corrected chi connectivity index (χ2v) is 5.60. The molecule has 0 bridgehead atoms. The van der Waals surface area contributed by atoms with Crippen LogP contribution in [0.4, 0.5) is 10.5 Å². The summed E-state index contributed by atoms with van der Waals surface area (Å²) in [6.07, 6.45) is 5.28. The molecule has 2 aromatic heterocycles. The van der Waals surface area contributed by atoms with Gasteiger partial charge in [0.1, 0.15) is 6.04 Å². The van der Waals surface area contributed by atoms with Crippen molar-refractivity contribution in [1.29, 1.82) is 0 Å². The molecule has 3 rings (SSSR count). The van der Waals surface area contributed by atoms with Gasteiger partial charge in [-0.2, -0.15) is 5.10 Å². The minimum Gasteiger partial charge on any atom is -0.352 e. The fraction of sp³-hybridized carbons (Fsp3) is 0.111. The van der Waals surface area contributed by atoms with Crippen LogP contribution in [0.3, 0.4) is 0 Å². The van der Waals surface area contributed by atoms with Crippen molar-refractivity contribution in [2.75, 3.05) is 5.32 Å². The van der Waals surface area contributed by atoms with E-state index in [-0.39, 0.29) is 5.91 Å². The number of benzene rings is 1. The highest BCUT2D eigenvalue weighted by molar-refractivity contribution is 5.97. The quantitative estimate of drug-likeness (QED) is 0.624. The summed E-state index contributed by atoms with van der Waals surface area (Å²) < 4.78 is 1.61. The van der Waals surface area contributed by atoms with Gasteiger partial charge >= 0.3 is 6.03 Å². The molecule has 0 unspecified atom stereocenters. The SMILES string of the molecule is NC(=O)N[C@H](Cc1ccccc1)C(=O)Nc1ccc(-n2cccn2)nc1. The molecule has 132 valence electrons. The molecule has 0 fully saturated rings. The minimum atomic E-state index is -0.791. The van der Waals surface area contributed by atoms with Crippen LogP contribution >= 0.6 is 0 Å². The summed E-state index contributed by atoms with van der Waals surface area (Å²) in [6, 6.07) is 13.1. The largest absolute Gasteiger partial charge is 0.352 e. The Morgan fingerprint density at radius 2 is 1.92 bits per heavy atom. The number of nitrogens with two attached hydrogens (primary N) is 1. The van der Waals surface area contributed by atoms with Crippen LogP contribution in [-0.2, 0) is 11.2 Å². The normalized spacial score (nSPS) is 11.5. The third-order valence-electron chi connectivity index (χ3n) is 3.67. The average molecular weight is 350 g/mol. The Kier molecular flexibility index (Phi) is 5.23. The lowest BCUT2D eigenvalue weighted by atomic mass is 10.1. The summed E-state index contributed by atoms with van der Waals surface area (Å²) in [7, 11) is 0. The van der Waals surface area contributed by atoms with Crippen molar-refractivity contribution in [3.63, 3.8) is 0 Å². The van der Waals surface area contributed by atoms with Crippen LogP contribution in [0.2, 0.25) is 0 Å². The molecular formula is C18H18N6O2. The lowest BCUT2D eigenvalue weighted by molar-refractivity contribution is -0.117. The monoisotopic (exact) mass is 350 g/mol. The van der Waals surface area contributed by atoms with Crippen LogP contribution in [0.15, 0.2) is 67.1 Å². The number of rotatable bonds is 6. The topological polar surface area (TPSA) is 115 Å². The van der Waals surface area contributed by atoms with Crippen molar-refractivity contribution in [3.05, 3.63) is 72.7 Å². The van der Waals surface area contributed by atoms with Gasteiger partial charge in [-0.1, -0.05) is 30.3 Å². The van der Waals surface area contributed by atoms with Crippen molar-refractivity contribution < 1.29 is 9.59 Å². The van der Waals surface area contributed by atoms with Crippen LogP contribution in [0.1, 0.15) is 5.56 Å². The number of hydrogen-bond donors (Lipinski definition) is 3. The third kappa shape index (κ3) is 4.44. The molecule has 4 N–H and O–H groups in total. The second kappa shape index (κ2) is 7.93. The van der Waals surface area contributed by atoms with E-state index in [1.165, 1.54) is 6.20 Å². The van der Waals surface area contributed by atoms with E-state index in [2.05, 4.69) is 20.7 Å². The fourth-order valence-corrected chi connectivity index (χ4v) is 2.46. The van der Waals surface area contributed by atoms with Crippen molar-refractivity contribution in [2.24, 2.45) is 5.73 Å². The zero-order valence-corrected chi connectivity index (χ0v) is 13.9. The molecular weight excluding hydrogens is 332 g/mol. The summed E-state index contributed by atoms with van der Waals surface area (Å²) in [5, 5.41) is 9.30. The Morgan fingerprint density at radius 3 is 2.54 bits per heavy atom. The molecule has 8 nitrogen and oxygen atoms in total. The van der Waals surface area contributed by atoms with Gasteiger partial charge in [0.15, 0.2) is 5.82 Å². The lowest BCUT2D eigenvalue weighted by Gasteiger charge is -2.17. The molecule has 1 atom stereocenters. The molecule has 0 aliphatic carbocycles. The Hall–Kier alpha value is -3.68. The first-order valence-corrected chi connectivity index (χ1v) is 7.98. The molecule has 0 aliphatic rings. The Bertz CT molecular complexity index is 862. The van der Waals surface area contributed by atoms with Crippen LogP contribution in [-0.4, -0.2) is 32.7 Å². The molecule has 3 aromatic rings. The number of primary amides is 1. The van der Waals surface area contributed by atoms with Crippen LogP contribution < -0.4 is 16.4 Å². The van der Waals surface area contributed by atoms with Gasteiger partial charge in [-0.15, -0.1) is 0 Å². The summed E-state index contributed by atoms with van der Waals surface area (Å²) in [5.41, 5.74) is 6.62. The third-order valence-corrected chi connectivity index (χ3v) is 3.67. The maximum atomic E-state index is 12.5. The van der Waals surface area contributed by atoms with Crippen molar-refractivity contribution in [2.45, 2.75) is 12.5 Å². The van der Waals surface area contributed by atoms with Crippen molar-refractivity contribution in [1.82, 2.24) is 20.1 Å². The molecule has 3 amide bonds. The highest BCUT2D eigenvalue weighted by atomic mass is 16.2. The molecule has 2 heterocycles. The first kappa shape index (κ1) is 17.2.